The second-order valence-corrected chi connectivity index (χ2v) is 5.08. The molecule has 0 aliphatic heterocycles. The number of carbonyl (C=O) groups excluding carboxylic acids is 1. The molecule has 1 amide bonds. The quantitative estimate of drug-likeness (QED) is 0.665. The molecular formula is C15H13ClN2O4. The van der Waals surface area contributed by atoms with Crippen LogP contribution in [0.2, 0.25) is 5.02 Å². The molecule has 114 valence electrons. The molecule has 2 N–H and O–H groups in total. The van der Waals surface area contributed by atoms with Gasteiger partial charge in [0.05, 0.1) is 21.6 Å². The second-order valence-electron chi connectivity index (χ2n) is 4.68. The van der Waals surface area contributed by atoms with Crippen molar-refractivity contribution in [3.63, 3.8) is 0 Å². The molecule has 0 aromatic heterocycles. The van der Waals surface area contributed by atoms with Crippen LogP contribution in [-0.2, 0) is 0 Å². The topological polar surface area (TPSA) is 92.5 Å². The number of rotatable bonds is 4. The standard InChI is InChI=1S/C15H13ClN2O4/c1-9(19)10-3-2-4-11(7-10)17-15(20)13-8-12(18(21)22)5-6-14(13)16/h2-9,19H,1H3,(H,17,20)/t9-/m1/s1. The number of non-ortho nitro benzene ring substituents is 1. The van der Waals surface area contributed by atoms with Crippen LogP contribution in [-0.4, -0.2) is 15.9 Å². The molecule has 22 heavy (non-hydrogen) atoms. The van der Waals surface area contributed by atoms with Gasteiger partial charge in [0.2, 0.25) is 0 Å². The second kappa shape index (κ2) is 6.55. The minimum absolute atomic E-state index is 0.0123. The molecule has 0 unspecified atom stereocenters. The third-order valence-corrected chi connectivity index (χ3v) is 3.36. The number of carbonyl (C=O) groups is 1. The fraction of sp³-hybridized carbons (Fsp3) is 0.133. The summed E-state index contributed by atoms with van der Waals surface area (Å²) in [5.74, 6) is -0.559. The summed E-state index contributed by atoms with van der Waals surface area (Å²) >= 11 is 5.92. The van der Waals surface area contributed by atoms with Crippen molar-refractivity contribution in [1.29, 1.82) is 0 Å². The number of halogens is 1. The number of amides is 1. The Balaban J connectivity index is 2.27. The van der Waals surface area contributed by atoms with Crippen molar-refractivity contribution < 1.29 is 14.8 Å². The number of anilines is 1. The summed E-state index contributed by atoms with van der Waals surface area (Å²) in [6.07, 6.45) is -0.668. The first-order valence-corrected chi connectivity index (χ1v) is 6.79. The van der Waals surface area contributed by atoms with Gasteiger partial charge >= 0.3 is 0 Å². The maximum atomic E-state index is 12.2. The number of nitro groups is 1. The SMILES string of the molecule is C[C@@H](O)c1cccc(NC(=O)c2cc([N+](=O)[O-])ccc2Cl)c1. The Morgan fingerprint density at radius 2 is 2.05 bits per heavy atom. The zero-order valence-electron chi connectivity index (χ0n) is 11.6. The van der Waals surface area contributed by atoms with E-state index < -0.39 is 16.9 Å². The molecule has 2 aromatic rings. The summed E-state index contributed by atoms with van der Waals surface area (Å²) in [5.41, 5.74) is 0.902. The summed E-state index contributed by atoms with van der Waals surface area (Å²) in [6.45, 7) is 1.61. The lowest BCUT2D eigenvalue weighted by atomic mass is 10.1. The van der Waals surface area contributed by atoms with Gasteiger partial charge in [0.1, 0.15) is 0 Å². The summed E-state index contributed by atoms with van der Waals surface area (Å²) in [6, 6.07) is 10.3. The van der Waals surface area contributed by atoms with Crippen LogP contribution < -0.4 is 5.32 Å². The Bertz CT molecular complexity index is 731. The summed E-state index contributed by atoms with van der Waals surface area (Å²) in [7, 11) is 0. The van der Waals surface area contributed by atoms with E-state index in [0.29, 0.717) is 11.3 Å². The molecule has 2 rings (SSSR count). The van der Waals surface area contributed by atoms with E-state index in [4.69, 9.17) is 11.6 Å². The fourth-order valence-corrected chi connectivity index (χ4v) is 2.08. The number of benzene rings is 2. The predicted molar refractivity (Wildman–Crippen MR) is 83.1 cm³/mol. The van der Waals surface area contributed by atoms with Crippen LogP contribution in [0.4, 0.5) is 11.4 Å². The predicted octanol–water partition coefficient (Wildman–Crippen LogP) is 3.55. The van der Waals surface area contributed by atoms with Gasteiger partial charge in [-0.3, -0.25) is 14.9 Å². The normalized spacial score (nSPS) is 11.8. The molecule has 0 bridgehead atoms. The summed E-state index contributed by atoms with van der Waals surface area (Å²) in [5, 5.41) is 23.0. The van der Waals surface area contributed by atoms with E-state index in [1.165, 1.54) is 12.1 Å². The fourth-order valence-electron chi connectivity index (χ4n) is 1.88. The van der Waals surface area contributed by atoms with Gasteiger partial charge in [-0.25, -0.2) is 0 Å². The van der Waals surface area contributed by atoms with Crippen molar-refractivity contribution in [2.75, 3.05) is 5.32 Å². The molecule has 0 aliphatic rings. The molecule has 0 saturated carbocycles. The molecule has 2 aromatic carbocycles. The first-order chi connectivity index (χ1) is 10.4. The van der Waals surface area contributed by atoms with Crippen LogP contribution in [0.25, 0.3) is 0 Å². The Morgan fingerprint density at radius 3 is 2.68 bits per heavy atom. The number of nitrogens with zero attached hydrogens (tertiary/aromatic N) is 1. The largest absolute Gasteiger partial charge is 0.389 e. The molecule has 0 spiro atoms. The van der Waals surface area contributed by atoms with Crippen LogP contribution in [0.5, 0.6) is 0 Å². The average Bonchev–Trinajstić information content (AvgIpc) is 2.47. The molecular weight excluding hydrogens is 308 g/mol. The highest BCUT2D eigenvalue weighted by molar-refractivity contribution is 6.34. The highest BCUT2D eigenvalue weighted by Crippen LogP contribution is 2.24. The molecule has 7 heteroatoms. The zero-order valence-corrected chi connectivity index (χ0v) is 12.4. The van der Waals surface area contributed by atoms with Crippen molar-refractivity contribution in [3.05, 3.63) is 68.7 Å². The zero-order chi connectivity index (χ0) is 16.3. The lowest BCUT2D eigenvalue weighted by Gasteiger charge is -2.10. The van der Waals surface area contributed by atoms with Crippen LogP contribution >= 0.6 is 11.6 Å². The van der Waals surface area contributed by atoms with E-state index in [9.17, 15) is 20.0 Å². The summed E-state index contributed by atoms with van der Waals surface area (Å²) in [4.78, 5) is 22.4. The van der Waals surface area contributed by atoms with Gasteiger partial charge in [-0.15, -0.1) is 0 Å². The average molecular weight is 321 g/mol. The van der Waals surface area contributed by atoms with Gasteiger partial charge < -0.3 is 10.4 Å². The molecule has 0 fully saturated rings. The van der Waals surface area contributed by atoms with Gasteiger partial charge in [-0.2, -0.15) is 0 Å². The van der Waals surface area contributed by atoms with Gasteiger partial charge in [0.15, 0.2) is 0 Å². The lowest BCUT2D eigenvalue weighted by molar-refractivity contribution is -0.384. The lowest BCUT2D eigenvalue weighted by Crippen LogP contribution is -2.13. The number of nitro benzene ring substituents is 1. The maximum Gasteiger partial charge on any atom is 0.270 e. The van der Waals surface area contributed by atoms with Crippen LogP contribution in [0.15, 0.2) is 42.5 Å². The van der Waals surface area contributed by atoms with Crippen molar-refractivity contribution in [2.24, 2.45) is 0 Å². The van der Waals surface area contributed by atoms with E-state index in [2.05, 4.69) is 5.32 Å². The molecule has 1 atom stereocenters. The number of nitrogens with one attached hydrogen (secondary N) is 1. The molecule has 0 heterocycles. The highest BCUT2D eigenvalue weighted by Gasteiger charge is 2.16. The van der Waals surface area contributed by atoms with Crippen molar-refractivity contribution >= 4 is 28.9 Å². The summed E-state index contributed by atoms with van der Waals surface area (Å²) < 4.78 is 0. The Morgan fingerprint density at radius 1 is 1.32 bits per heavy atom. The number of aliphatic hydroxyl groups excluding tert-OH is 1. The third-order valence-electron chi connectivity index (χ3n) is 3.03. The van der Waals surface area contributed by atoms with Crippen LogP contribution in [0, 0.1) is 10.1 Å². The number of hydrogen-bond donors (Lipinski definition) is 2. The van der Waals surface area contributed by atoms with E-state index in [1.807, 2.05) is 0 Å². The molecule has 6 nitrogen and oxygen atoms in total. The smallest absolute Gasteiger partial charge is 0.270 e. The highest BCUT2D eigenvalue weighted by atomic mass is 35.5. The Kier molecular flexibility index (Phi) is 4.75. The molecule has 0 saturated heterocycles. The van der Waals surface area contributed by atoms with Gasteiger partial charge in [0.25, 0.3) is 11.6 Å². The van der Waals surface area contributed by atoms with Crippen LogP contribution in [0.3, 0.4) is 0 Å². The number of aliphatic hydroxyl groups is 1. The third kappa shape index (κ3) is 3.60. The van der Waals surface area contributed by atoms with E-state index in [-0.39, 0.29) is 16.3 Å². The first-order valence-electron chi connectivity index (χ1n) is 6.42. The van der Waals surface area contributed by atoms with Gasteiger partial charge in [-0.1, -0.05) is 23.7 Å². The van der Waals surface area contributed by atoms with Crippen LogP contribution in [0.1, 0.15) is 28.9 Å². The van der Waals surface area contributed by atoms with Crippen molar-refractivity contribution in [2.45, 2.75) is 13.0 Å². The van der Waals surface area contributed by atoms with E-state index >= 15 is 0 Å². The number of hydrogen-bond acceptors (Lipinski definition) is 4. The monoisotopic (exact) mass is 320 g/mol. The molecule has 0 aliphatic carbocycles. The molecule has 0 radical (unpaired) electrons. The van der Waals surface area contributed by atoms with E-state index in [1.54, 1.807) is 31.2 Å². The minimum atomic E-state index is -0.668. The first kappa shape index (κ1) is 15.9. The van der Waals surface area contributed by atoms with Gasteiger partial charge in [-0.05, 0) is 30.7 Å². The Labute approximate surface area is 131 Å². The Hall–Kier alpha value is -2.44. The van der Waals surface area contributed by atoms with Gasteiger partial charge in [0, 0.05) is 17.8 Å². The minimum Gasteiger partial charge on any atom is -0.389 e. The maximum absolute atomic E-state index is 12.2. The van der Waals surface area contributed by atoms with Crippen molar-refractivity contribution in [1.82, 2.24) is 0 Å². The van der Waals surface area contributed by atoms with E-state index in [0.717, 1.165) is 6.07 Å². The van der Waals surface area contributed by atoms with Crippen molar-refractivity contribution in [3.8, 4) is 0 Å².